The molecule has 1 aromatic heterocycles. The summed E-state index contributed by atoms with van der Waals surface area (Å²) in [4.78, 5) is 16.2. The van der Waals surface area contributed by atoms with Crippen LogP contribution in [0, 0.1) is 5.92 Å². The Bertz CT molecular complexity index is 965. The Balaban J connectivity index is 1.91. The minimum absolute atomic E-state index is 0.0426. The number of nitrogens with zero attached hydrogens (tertiary/aromatic N) is 3. The second-order valence-corrected chi connectivity index (χ2v) is 8.76. The van der Waals surface area contributed by atoms with Crippen molar-refractivity contribution in [1.82, 2.24) is 9.29 Å². The average molecular weight is 444 g/mol. The Labute approximate surface area is 173 Å². The van der Waals surface area contributed by atoms with Gasteiger partial charge < -0.3 is 5.32 Å². The van der Waals surface area contributed by atoms with Gasteiger partial charge in [0.2, 0.25) is 0 Å². The molecular weight excluding hydrogens is 421 g/mol. The summed E-state index contributed by atoms with van der Waals surface area (Å²) in [5, 5.41) is 2.28. The van der Waals surface area contributed by atoms with Crippen LogP contribution in [0.25, 0.3) is 0 Å². The summed E-state index contributed by atoms with van der Waals surface area (Å²) in [6, 6.07) is 3.12. The molecule has 1 saturated carbocycles. The monoisotopic (exact) mass is 444 g/mol. The fraction of sp³-hybridized carbons (Fsp3) is 0.526. The van der Waals surface area contributed by atoms with Crippen LogP contribution in [-0.4, -0.2) is 35.9 Å². The van der Waals surface area contributed by atoms with E-state index in [0.717, 1.165) is 55.0 Å². The number of anilines is 1. The van der Waals surface area contributed by atoms with Crippen LogP contribution in [0.1, 0.15) is 51.1 Å². The third kappa shape index (κ3) is 5.00. The highest BCUT2D eigenvalue weighted by Crippen LogP contribution is 2.30. The summed E-state index contributed by atoms with van der Waals surface area (Å²) < 4.78 is 68.7. The zero-order valence-corrected chi connectivity index (χ0v) is 17.3. The lowest BCUT2D eigenvalue weighted by molar-refractivity contribution is -0.141. The number of alkyl halides is 3. The number of pyridine rings is 1. The summed E-state index contributed by atoms with van der Waals surface area (Å²) in [7, 11) is -4.11. The Morgan fingerprint density at radius 3 is 2.47 bits per heavy atom. The molecule has 1 N–H and O–H groups in total. The van der Waals surface area contributed by atoms with Crippen molar-refractivity contribution < 1.29 is 26.4 Å². The average Bonchev–Trinajstić information content (AvgIpc) is 2.95. The van der Waals surface area contributed by atoms with Crippen molar-refractivity contribution in [3.05, 3.63) is 35.7 Å². The van der Waals surface area contributed by atoms with E-state index < -0.39 is 28.0 Å². The lowest BCUT2D eigenvalue weighted by Gasteiger charge is -2.28. The van der Waals surface area contributed by atoms with Gasteiger partial charge in [0.1, 0.15) is 17.2 Å². The van der Waals surface area contributed by atoms with Gasteiger partial charge in [-0.3, -0.25) is 4.79 Å². The number of hydrogen-bond donors (Lipinski definition) is 1. The van der Waals surface area contributed by atoms with E-state index in [1.165, 1.54) is 12.1 Å². The van der Waals surface area contributed by atoms with Crippen LogP contribution in [0.15, 0.2) is 34.4 Å². The van der Waals surface area contributed by atoms with Crippen LogP contribution in [0.3, 0.4) is 0 Å². The zero-order valence-electron chi connectivity index (χ0n) is 16.4. The summed E-state index contributed by atoms with van der Waals surface area (Å²) in [6.45, 7) is 1.51. The number of nitrogens with one attached hydrogen (secondary N) is 1. The quantitative estimate of drug-likeness (QED) is 0.713. The molecule has 30 heavy (non-hydrogen) atoms. The molecule has 2 heterocycles. The predicted octanol–water partition coefficient (Wildman–Crippen LogP) is 3.91. The number of carbonyl (C=O) groups excluding carboxylic acids is 1. The smallest absolute Gasteiger partial charge is 0.305 e. The first kappa shape index (κ1) is 22.3. The summed E-state index contributed by atoms with van der Waals surface area (Å²) in [5.41, 5.74) is -1.01. The molecule has 1 aliphatic carbocycles. The highest BCUT2D eigenvalue weighted by atomic mass is 32.2. The molecule has 0 radical (unpaired) electrons. The minimum Gasteiger partial charge on any atom is -0.305 e. The number of rotatable bonds is 4. The molecule has 1 aliphatic heterocycles. The minimum atomic E-state index is -4.66. The van der Waals surface area contributed by atoms with Gasteiger partial charge in [-0.05, 0) is 38.0 Å². The van der Waals surface area contributed by atoms with E-state index in [9.17, 15) is 26.4 Å². The Morgan fingerprint density at radius 1 is 1.20 bits per heavy atom. The second kappa shape index (κ2) is 8.75. The Kier molecular flexibility index (Phi) is 6.49. The van der Waals surface area contributed by atoms with Crippen LogP contribution in [0.5, 0.6) is 0 Å². The summed E-state index contributed by atoms with van der Waals surface area (Å²) in [5.74, 6) is -1.24. The second-order valence-electron chi connectivity index (χ2n) is 7.24. The molecule has 0 atom stereocenters. The molecule has 3 rings (SSSR count). The number of carbonyl (C=O) groups is 1. The van der Waals surface area contributed by atoms with Crippen molar-refractivity contribution >= 4 is 27.6 Å². The Morgan fingerprint density at radius 2 is 1.87 bits per heavy atom. The normalized spacial score (nSPS) is 20.2. The number of amides is 1. The first-order valence-corrected chi connectivity index (χ1v) is 11.2. The van der Waals surface area contributed by atoms with Gasteiger partial charge in [0, 0.05) is 12.5 Å². The summed E-state index contributed by atoms with van der Waals surface area (Å²) >= 11 is 0. The van der Waals surface area contributed by atoms with Gasteiger partial charge in [0.25, 0.3) is 5.91 Å². The molecule has 164 valence electrons. The van der Waals surface area contributed by atoms with Crippen LogP contribution in [-0.2, 0) is 21.2 Å². The van der Waals surface area contributed by atoms with Gasteiger partial charge >= 0.3 is 16.4 Å². The molecule has 0 aromatic carbocycles. The van der Waals surface area contributed by atoms with E-state index in [2.05, 4.69) is 14.7 Å². The van der Waals surface area contributed by atoms with E-state index in [4.69, 9.17) is 0 Å². The molecule has 0 unspecified atom stereocenters. The fourth-order valence-electron chi connectivity index (χ4n) is 3.67. The number of aromatic nitrogens is 1. The van der Waals surface area contributed by atoms with E-state index in [-0.39, 0.29) is 24.0 Å². The standard InChI is InChI=1S/C19H23F3N4O3S/c1-2-26-15(18(27)24-17-11-7-10-16(23-17)19(20,21)22)12-14(25-30(26,28)29)13-8-5-3-4-6-9-13/h7,10-13H,2-6,8-9H2,1H3,(H,23,24,27). The lowest BCUT2D eigenvalue weighted by atomic mass is 9.94. The molecule has 11 heteroatoms. The highest BCUT2D eigenvalue weighted by Gasteiger charge is 2.35. The largest absolute Gasteiger partial charge is 0.433 e. The maximum Gasteiger partial charge on any atom is 0.433 e. The highest BCUT2D eigenvalue weighted by molar-refractivity contribution is 7.88. The first-order chi connectivity index (χ1) is 14.1. The van der Waals surface area contributed by atoms with Gasteiger partial charge in [0.15, 0.2) is 0 Å². The van der Waals surface area contributed by atoms with Gasteiger partial charge in [-0.1, -0.05) is 31.7 Å². The van der Waals surface area contributed by atoms with Crippen LogP contribution < -0.4 is 5.32 Å². The molecule has 0 bridgehead atoms. The molecule has 1 fully saturated rings. The number of hydrogen-bond acceptors (Lipinski definition) is 4. The van der Waals surface area contributed by atoms with Crippen molar-refractivity contribution in [3.8, 4) is 0 Å². The van der Waals surface area contributed by atoms with Crippen LogP contribution in [0.2, 0.25) is 0 Å². The molecule has 0 spiro atoms. The van der Waals surface area contributed by atoms with Gasteiger partial charge in [-0.25, -0.2) is 9.29 Å². The molecule has 1 amide bonds. The van der Waals surface area contributed by atoms with Crippen LogP contribution >= 0.6 is 0 Å². The maximum absolute atomic E-state index is 12.9. The van der Waals surface area contributed by atoms with E-state index >= 15 is 0 Å². The number of likely N-dealkylation sites (N-methyl/N-ethyl adjacent to an activating group) is 1. The SMILES string of the molecule is CCN1C(C(=O)Nc2cccc(C(F)(F)F)n2)=CC(C2CCCCCC2)=NS1(=O)=O. The maximum atomic E-state index is 12.9. The van der Waals surface area contributed by atoms with Gasteiger partial charge in [-0.2, -0.15) is 21.6 Å². The molecule has 2 aliphatic rings. The lowest BCUT2D eigenvalue weighted by Crippen LogP contribution is -2.39. The van der Waals surface area contributed by atoms with Crippen molar-refractivity contribution in [1.29, 1.82) is 0 Å². The van der Waals surface area contributed by atoms with E-state index in [1.807, 2.05) is 0 Å². The number of allylic oxidation sites excluding steroid dienone is 1. The van der Waals surface area contributed by atoms with Crippen molar-refractivity contribution in [3.63, 3.8) is 0 Å². The van der Waals surface area contributed by atoms with Crippen molar-refractivity contribution in [2.45, 2.75) is 51.6 Å². The third-order valence-corrected chi connectivity index (χ3v) is 6.58. The Hall–Kier alpha value is -2.43. The van der Waals surface area contributed by atoms with E-state index in [1.54, 1.807) is 6.92 Å². The van der Waals surface area contributed by atoms with Crippen LogP contribution in [0.4, 0.5) is 19.0 Å². The molecular formula is C19H23F3N4O3S. The molecule has 7 nitrogen and oxygen atoms in total. The number of halogens is 3. The summed E-state index contributed by atoms with van der Waals surface area (Å²) in [6.07, 6.45) is 2.36. The van der Waals surface area contributed by atoms with Crippen molar-refractivity contribution in [2.24, 2.45) is 10.3 Å². The van der Waals surface area contributed by atoms with Gasteiger partial charge in [-0.15, -0.1) is 4.40 Å². The first-order valence-electron chi connectivity index (χ1n) is 9.81. The van der Waals surface area contributed by atoms with E-state index in [0.29, 0.717) is 5.71 Å². The topological polar surface area (TPSA) is 91.7 Å². The molecule has 1 aromatic rings. The predicted molar refractivity (Wildman–Crippen MR) is 106 cm³/mol. The molecule has 0 saturated heterocycles. The third-order valence-electron chi connectivity index (χ3n) is 5.13. The zero-order chi connectivity index (χ0) is 21.9. The van der Waals surface area contributed by atoms with Gasteiger partial charge in [0.05, 0.1) is 5.71 Å². The van der Waals surface area contributed by atoms with Crippen molar-refractivity contribution in [2.75, 3.05) is 11.9 Å². The fourth-order valence-corrected chi connectivity index (χ4v) is 4.94.